The zero-order chi connectivity index (χ0) is 12.8. The van der Waals surface area contributed by atoms with E-state index in [0.717, 1.165) is 11.3 Å². The van der Waals surface area contributed by atoms with E-state index < -0.39 is 5.97 Å². The molecule has 6 heteroatoms. The summed E-state index contributed by atoms with van der Waals surface area (Å²) in [5.74, 6) is -0.766. The van der Waals surface area contributed by atoms with Crippen LogP contribution in [0.3, 0.4) is 0 Å². The fraction of sp³-hybridized carbons (Fsp3) is 0.455. The lowest BCUT2D eigenvalue weighted by atomic mass is 10.0. The summed E-state index contributed by atoms with van der Waals surface area (Å²) in [7, 11) is 0. The maximum Gasteiger partial charge on any atom is 0.322 e. The third-order valence-corrected chi connectivity index (χ3v) is 2.36. The summed E-state index contributed by atoms with van der Waals surface area (Å²) >= 11 is 0. The van der Waals surface area contributed by atoms with Crippen LogP contribution >= 0.6 is 0 Å². The average Bonchev–Trinajstić information content (AvgIpc) is 2.34. The lowest BCUT2D eigenvalue weighted by Crippen LogP contribution is -2.16. The number of rotatable bonds is 5. The molecule has 0 aliphatic carbocycles. The Balaban J connectivity index is 3.15. The molecular weight excluding hydrogens is 220 g/mol. The number of carboxylic acids is 1. The standard InChI is InChI=1S/C11H14N4O2/c1-3-7-8(5-12)11(13-6-10(16)17)15-14-9(7)4-2/h3-4,6H2,1-2H3,(H,13,15)(H,16,17). The van der Waals surface area contributed by atoms with Gasteiger partial charge in [0, 0.05) is 0 Å². The van der Waals surface area contributed by atoms with Gasteiger partial charge in [-0.05, 0) is 18.4 Å². The monoisotopic (exact) mass is 234 g/mol. The molecule has 1 aromatic heterocycles. The highest BCUT2D eigenvalue weighted by Gasteiger charge is 2.14. The average molecular weight is 234 g/mol. The molecule has 0 unspecified atom stereocenters. The van der Waals surface area contributed by atoms with E-state index in [9.17, 15) is 4.79 Å². The van der Waals surface area contributed by atoms with Gasteiger partial charge >= 0.3 is 5.97 Å². The highest BCUT2D eigenvalue weighted by Crippen LogP contribution is 2.19. The quantitative estimate of drug-likeness (QED) is 0.787. The molecule has 0 saturated carbocycles. The number of aliphatic carboxylic acids is 1. The maximum absolute atomic E-state index is 10.5. The molecule has 90 valence electrons. The van der Waals surface area contributed by atoms with Crippen LogP contribution in [0.1, 0.15) is 30.7 Å². The van der Waals surface area contributed by atoms with Gasteiger partial charge in [-0.1, -0.05) is 13.8 Å². The maximum atomic E-state index is 10.5. The van der Waals surface area contributed by atoms with Crippen LogP contribution in [0.5, 0.6) is 0 Å². The highest BCUT2D eigenvalue weighted by atomic mass is 16.4. The number of aryl methyl sites for hydroxylation is 1. The van der Waals surface area contributed by atoms with Crippen LogP contribution in [0.2, 0.25) is 0 Å². The van der Waals surface area contributed by atoms with E-state index in [1.165, 1.54) is 0 Å². The van der Waals surface area contributed by atoms with Crippen molar-refractivity contribution < 1.29 is 9.90 Å². The number of anilines is 1. The van der Waals surface area contributed by atoms with E-state index in [1.54, 1.807) is 0 Å². The Bertz CT molecular complexity index is 465. The Morgan fingerprint density at radius 3 is 2.59 bits per heavy atom. The Morgan fingerprint density at radius 1 is 1.41 bits per heavy atom. The fourth-order valence-corrected chi connectivity index (χ4v) is 1.58. The van der Waals surface area contributed by atoms with Gasteiger partial charge < -0.3 is 10.4 Å². The summed E-state index contributed by atoms with van der Waals surface area (Å²) in [6.07, 6.45) is 1.37. The topological polar surface area (TPSA) is 98.9 Å². The van der Waals surface area contributed by atoms with Crippen LogP contribution in [-0.4, -0.2) is 27.8 Å². The summed E-state index contributed by atoms with van der Waals surface area (Å²) in [6, 6.07) is 2.06. The minimum absolute atomic E-state index is 0.240. The normalized spacial score (nSPS) is 9.71. The minimum Gasteiger partial charge on any atom is -0.480 e. The van der Waals surface area contributed by atoms with Crippen LogP contribution < -0.4 is 5.32 Å². The van der Waals surface area contributed by atoms with Gasteiger partial charge in [0.05, 0.1) is 5.69 Å². The van der Waals surface area contributed by atoms with E-state index in [2.05, 4.69) is 21.6 Å². The molecule has 0 aliphatic heterocycles. The molecule has 0 aliphatic rings. The molecule has 0 spiro atoms. The second-order valence-corrected chi connectivity index (χ2v) is 3.42. The zero-order valence-corrected chi connectivity index (χ0v) is 9.82. The fourth-order valence-electron chi connectivity index (χ4n) is 1.58. The van der Waals surface area contributed by atoms with E-state index in [0.29, 0.717) is 18.4 Å². The smallest absolute Gasteiger partial charge is 0.322 e. The molecule has 0 atom stereocenters. The second-order valence-electron chi connectivity index (χ2n) is 3.42. The number of carbonyl (C=O) groups is 1. The largest absolute Gasteiger partial charge is 0.480 e. The van der Waals surface area contributed by atoms with Crippen molar-refractivity contribution >= 4 is 11.8 Å². The number of nitrogens with zero attached hydrogens (tertiary/aromatic N) is 3. The Kier molecular flexibility index (Phi) is 4.40. The van der Waals surface area contributed by atoms with Gasteiger partial charge in [0.2, 0.25) is 0 Å². The number of carboxylic acid groups (broad SMARTS) is 1. The zero-order valence-electron chi connectivity index (χ0n) is 9.82. The van der Waals surface area contributed by atoms with Crippen LogP contribution in [0.15, 0.2) is 0 Å². The van der Waals surface area contributed by atoms with Gasteiger partial charge in [-0.25, -0.2) is 0 Å². The number of hydrogen-bond acceptors (Lipinski definition) is 5. The minimum atomic E-state index is -1.01. The van der Waals surface area contributed by atoms with E-state index in [1.807, 2.05) is 13.8 Å². The van der Waals surface area contributed by atoms with Gasteiger partial charge in [-0.2, -0.15) is 10.4 Å². The summed E-state index contributed by atoms with van der Waals surface area (Å²) in [5.41, 5.74) is 2.00. The van der Waals surface area contributed by atoms with E-state index >= 15 is 0 Å². The number of nitriles is 1. The molecule has 0 amide bonds. The first-order chi connectivity index (χ1) is 8.13. The Hall–Kier alpha value is -2.16. The summed E-state index contributed by atoms with van der Waals surface area (Å²) < 4.78 is 0. The van der Waals surface area contributed by atoms with E-state index in [-0.39, 0.29) is 12.4 Å². The summed E-state index contributed by atoms with van der Waals surface area (Å²) in [5, 5.41) is 28.1. The first-order valence-corrected chi connectivity index (χ1v) is 5.38. The first-order valence-electron chi connectivity index (χ1n) is 5.38. The van der Waals surface area contributed by atoms with Crippen molar-refractivity contribution in [1.29, 1.82) is 5.26 Å². The van der Waals surface area contributed by atoms with Crippen LogP contribution in [0, 0.1) is 11.3 Å². The van der Waals surface area contributed by atoms with Crippen LogP contribution in [0.4, 0.5) is 5.82 Å². The molecular formula is C11H14N4O2. The predicted molar refractivity (Wildman–Crippen MR) is 61.6 cm³/mol. The van der Waals surface area contributed by atoms with Crippen molar-refractivity contribution in [2.75, 3.05) is 11.9 Å². The lowest BCUT2D eigenvalue weighted by Gasteiger charge is -2.10. The van der Waals surface area contributed by atoms with Gasteiger partial charge in [0.15, 0.2) is 5.82 Å². The molecule has 1 aromatic rings. The molecule has 0 fully saturated rings. The van der Waals surface area contributed by atoms with Crippen LogP contribution in [0.25, 0.3) is 0 Å². The first kappa shape index (κ1) is 12.9. The third-order valence-electron chi connectivity index (χ3n) is 2.36. The Morgan fingerprint density at radius 2 is 2.12 bits per heavy atom. The van der Waals surface area contributed by atoms with Gasteiger partial charge in [0.25, 0.3) is 0 Å². The van der Waals surface area contributed by atoms with E-state index in [4.69, 9.17) is 10.4 Å². The number of hydrogen-bond donors (Lipinski definition) is 2. The number of nitrogens with one attached hydrogen (secondary N) is 1. The molecule has 0 saturated heterocycles. The number of aromatic nitrogens is 2. The summed E-state index contributed by atoms with van der Waals surface area (Å²) in [4.78, 5) is 10.5. The Labute approximate surface area is 99.3 Å². The van der Waals surface area contributed by atoms with Crippen molar-refractivity contribution in [2.24, 2.45) is 0 Å². The lowest BCUT2D eigenvalue weighted by molar-refractivity contribution is -0.134. The van der Waals surface area contributed by atoms with Crippen molar-refractivity contribution in [1.82, 2.24) is 10.2 Å². The van der Waals surface area contributed by atoms with Crippen molar-refractivity contribution in [3.63, 3.8) is 0 Å². The molecule has 1 heterocycles. The molecule has 6 nitrogen and oxygen atoms in total. The van der Waals surface area contributed by atoms with Gasteiger partial charge in [-0.3, -0.25) is 4.79 Å². The van der Waals surface area contributed by atoms with Crippen LogP contribution in [-0.2, 0) is 17.6 Å². The SMILES string of the molecule is CCc1nnc(NCC(=O)O)c(C#N)c1CC. The summed E-state index contributed by atoms with van der Waals surface area (Å²) in [6.45, 7) is 3.59. The predicted octanol–water partition coefficient (Wildman–Crippen LogP) is 0.970. The molecule has 0 aromatic carbocycles. The highest BCUT2D eigenvalue weighted by molar-refractivity contribution is 5.73. The molecule has 17 heavy (non-hydrogen) atoms. The van der Waals surface area contributed by atoms with Crippen molar-refractivity contribution in [3.8, 4) is 6.07 Å². The van der Waals surface area contributed by atoms with Crippen molar-refractivity contribution in [2.45, 2.75) is 26.7 Å². The third kappa shape index (κ3) is 2.91. The van der Waals surface area contributed by atoms with Gasteiger partial charge in [0.1, 0.15) is 18.2 Å². The van der Waals surface area contributed by atoms with Gasteiger partial charge in [-0.15, -0.1) is 5.10 Å². The second kappa shape index (κ2) is 5.80. The molecule has 0 bridgehead atoms. The molecule has 2 N–H and O–H groups in total. The molecule has 0 radical (unpaired) electrons. The molecule has 1 rings (SSSR count). The van der Waals surface area contributed by atoms with Crippen molar-refractivity contribution in [3.05, 3.63) is 16.8 Å².